The summed E-state index contributed by atoms with van der Waals surface area (Å²) in [5.41, 5.74) is 5.58. The predicted molar refractivity (Wildman–Crippen MR) is 75.2 cm³/mol. The lowest BCUT2D eigenvalue weighted by molar-refractivity contribution is -0.122. The highest BCUT2D eigenvalue weighted by Crippen LogP contribution is 2.17. The second kappa shape index (κ2) is 10.3. The molecule has 0 rings (SSSR count). The van der Waals surface area contributed by atoms with Crippen molar-refractivity contribution in [3.63, 3.8) is 0 Å². The Kier molecular flexibility index (Phi) is 9.98. The molecule has 0 aromatic carbocycles. The first kappa shape index (κ1) is 17.4. The average Bonchev–Trinajstić information content (AvgIpc) is 2.35. The van der Waals surface area contributed by atoms with Crippen LogP contribution < -0.4 is 11.1 Å². The van der Waals surface area contributed by atoms with Gasteiger partial charge in [-0.05, 0) is 38.1 Å². The minimum absolute atomic E-state index is 0.0293. The van der Waals surface area contributed by atoms with Crippen molar-refractivity contribution in [2.24, 2.45) is 17.6 Å². The summed E-state index contributed by atoms with van der Waals surface area (Å²) in [5, 5.41) is 12.0. The molecule has 108 valence electrons. The minimum atomic E-state index is 0.0293. The summed E-state index contributed by atoms with van der Waals surface area (Å²) in [6.45, 7) is 6.83. The van der Waals surface area contributed by atoms with Crippen LogP contribution in [0, 0.1) is 11.8 Å². The maximum absolute atomic E-state index is 11.8. The molecule has 3 unspecified atom stereocenters. The molecule has 4 nitrogen and oxygen atoms in total. The standard InChI is InChI=1S/C14H30N2O2/c1-4-5-13(8-9-15)6-7-14(18)16-12(3)11(2)10-17/h11-13,17H,4-10,15H2,1-3H3,(H,16,18). The SMILES string of the molecule is CCCC(CCN)CCC(=O)NC(C)C(C)CO. The molecule has 0 aliphatic carbocycles. The van der Waals surface area contributed by atoms with E-state index in [0.29, 0.717) is 18.9 Å². The van der Waals surface area contributed by atoms with Gasteiger partial charge in [0.2, 0.25) is 5.91 Å². The highest BCUT2D eigenvalue weighted by Gasteiger charge is 2.15. The van der Waals surface area contributed by atoms with Crippen LogP contribution in [-0.2, 0) is 4.79 Å². The van der Waals surface area contributed by atoms with Crippen LogP contribution in [0.2, 0.25) is 0 Å². The Balaban J connectivity index is 3.92. The Morgan fingerprint density at radius 2 is 1.94 bits per heavy atom. The lowest BCUT2D eigenvalue weighted by atomic mass is 9.94. The zero-order chi connectivity index (χ0) is 14.0. The first-order valence-electron chi connectivity index (χ1n) is 7.15. The highest BCUT2D eigenvalue weighted by molar-refractivity contribution is 5.76. The molecule has 0 aliphatic heterocycles. The number of carbonyl (C=O) groups is 1. The first-order valence-corrected chi connectivity index (χ1v) is 7.15. The third kappa shape index (κ3) is 7.67. The third-order valence-corrected chi connectivity index (χ3v) is 3.58. The zero-order valence-corrected chi connectivity index (χ0v) is 12.1. The molecule has 0 bridgehead atoms. The molecular formula is C14H30N2O2. The molecular weight excluding hydrogens is 228 g/mol. The van der Waals surface area contributed by atoms with E-state index in [1.165, 1.54) is 0 Å². The van der Waals surface area contributed by atoms with Crippen LogP contribution in [0.1, 0.15) is 52.9 Å². The Bertz CT molecular complexity index is 216. The van der Waals surface area contributed by atoms with Crippen molar-refractivity contribution in [2.45, 2.75) is 58.9 Å². The number of hydrogen-bond donors (Lipinski definition) is 3. The number of aliphatic hydroxyl groups is 1. The Labute approximate surface area is 111 Å². The fourth-order valence-corrected chi connectivity index (χ4v) is 2.04. The van der Waals surface area contributed by atoms with E-state index < -0.39 is 0 Å². The summed E-state index contributed by atoms with van der Waals surface area (Å²) in [5.74, 6) is 0.752. The predicted octanol–water partition coefficient (Wildman–Crippen LogP) is 1.66. The second-order valence-electron chi connectivity index (χ2n) is 5.29. The molecule has 0 saturated carbocycles. The number of aliphatic hydroxyl groups excluding tert-OH is 1. The quantitative estimate of drug-likeness (QED) is 0.558. The van der Waals surface area contributed by atoms with Gasteiger partial charge in [0.05, 0.1) is 0 Å². The molecule has 0 aromatic rings. The van der Waals surface area contributed by atoms with Gasteiger partial charge in [-0.15, -0.1) is 0 Å². The van der Waals surface area contributed by atoms with Gasteiger partial charge in [0, 0.05) is 19.1 Å². The first-order chi connectivity index (χ1) is 8.54. The number of amides is 1. The van der Waals surface area contributed by atoms with Gasteiger partial charge in [0.1, 0.15) is 0 Å². The summed E-state index contributed by atoms with van der Waals surface area (Å²) in [4.78, 5) is 11.8. The van der Waals surface area contributed by atoms with Crippen molar-refractivity contribution in [1.82, 2.24) is 5.32 Å². The van der Waals surface area contributed by atoms with E-state index in [1.54, 1.807) is 0 Å². The van der Waals surface area contributed by atoms with Crippen LogP contribution in [0.4, 0.5) is 0 Å². The van der Waals surface area contributed by atoms with Crippen LogP contribution in [0.25, 0.3) is 0 Å². The number of nitrogens with two attached hydrogens (primary N) is 1. The minimum Gasteiger partial charge on any atom is -0.396 e. The van der Waals surface area contributed by atoms with Gasteiger partial charge < -0.3 is 16.2 Å². The van der Waals surface area contributed by atoms with Crippen molar-refractivity contribution < 1.29 is 9.90 Å². The molecule has 18 heavy (non-hydrogen) atoms. The molecule has 3 atom stereocenters. The number of hydrogen-bond acceptors (Lipinski definition) is 3. The highest BCUT2D eigenvalue weighted by atomic mass is 16.3. The lowest BCUT2D eigenvalue weighted by Crippen LogP contribution is -2.38. The monoisotopic (exact) mass is 258 g/mol. The van der Waals surface area contributed by atoms with E-state index in [4.69, 9.17) is 10.8 Å². The van der Waals surface area contributed by atoms with Gasteiger partial charge >= 0.3 is 0 Å². The van der Waals surface area contributed by atoms with E-state index in [-0.39, 0.29) is 24.5 Å². The number of nitrogens with one attached hydrogen (secondary N) is 1. The van der Waals surface area contributed by atoms with Crippen LogP contribution in [0.5, 0.6) is 0 Å². The summed E-state index contributed by atoms with van der Waals surface area (Å²) >= 11 is 0. The second-order valence-corrected chi connectivity index (χ2v) is 5.29. The van der Waals surface area contributed by atoms with Crippen LogP contribution >= 0.6 is 0 Å². The Morgan fingerprint density at radius 3 is 2.44 bits per heavy atom. The summed E-state index contributed by atoms with van der Waals surface area (Å²) < 4.78 is 0. The van der Waals surface area contributed by atoms with Gasteiger partial charge in [0.15, 0.2) is 0 Å². The van der Waals surface area contributed by atoms with Crippen LogP contribution in [0.15, 0.2) is 0 Å². The fourth-order valence-electron chi connectivity index (χ4n) is 2.04. The number of rotatable bonds is 10. The summed E-state index contributed by atoms with van der Waals surface area (Å²) in [6.07, 6.45) is 4.77. The van der Waals surface area contributed by atoms with Gasteiger partial charge in [-0.25, -0.2) is 0 Å². The summed E-state index contributed by atoms with van der Waals surface area (Å²) in [6, 6.07) is 0.0293. The van der Waals surface area contributed by atoms with Crippen molar-refractivity contribution in [3.8, 4) is 0 Å². The van der Waals surface area contributed by atoms with Crippen LogP contribution in [0.3, 0.4) is 0 Å². The van der Waals surface area contributed by atoms with Gasteiger partial charge in [0.25, 0.3) is 0 Å². The van der Waals surface area contributed by atoms with E-state index >= 15 is 0 Å². The Hall–Kier alpha value is -0.610. The van der Waals surface area contributed by atoms with Crippen LogP contribution in [-0.4, -0.2) is 30.2 Å². The summed E-state index contributed by atoms with van der Waals surface area (Å²) in [7, 11) is 0. The largest absolute Gasteiger partial charge is 0.396 e. The van der Waals surface area contributed by atoms with E-state index in [0.717, 1.165) is 25.7 Å². The molecule has 4 heteroatoms. The fraction of sp³-hybridized carbons (Fsp3) is 0.929. The van der Waals surface area contributed by atoms with E-state index in [1.807, 2.05) is 13.8 Å². The molecule has 0 heterocycles. The van der Waals surface area contributed by atoms with E-state index in [2.05, 4.69) is 12.2 Å². The maximum atomic E-state index is 11.8. The van der Waals surface area contributed by atoms with Gasteiger partial charge in [-0.3, -0.25) is 4.79 Å². The molecule has 0 aromatic heterocycles. The molecule has 0 aliphatic rings. The maximum Gasteiger partial charge on any atom is 0.220 e. The molecule has 4 N–H and O–H groups in total. The van der Waals surface area contributed by atoms with Gasteiger partial charge in [-0.1, -0.05) is 26.7 Å². The van der Waals surface area contributed by atoms with Crippen molar-refractivity contribution in [1.29, 1.82) is 0 Å². The lowest BCUT2D eigenvalue weighted by Gasteiger charge is -2.20. The van der Waals surface area contributed by atoms with Crippen molar-refractivity contribution >= 4 is 5.91 Å². The van der Waals surface area contributed by atoms with E-state index in [9.17, 15) is 4.79 Å². The smallest absolute Gasteiger partial charge is 0.220 e. The number of carbonyl (C=O) groups excluding carboxylic acids is 1. The molecule has 1 amide bonds. The normalized spacial score (nSPS) is 16.1. The zero-order valence-electron chi connectivity index (χ0n) is 12.1. The molecule has 0 fully saturated rings. The topological polar surface area (TPSA) is 75.4 Å². The van der Waals surface area contributed by atoms with Crippen molar-refractivity contribution in [3.05, 3.63) is 0 Å². The molecule has 0 saturated heterocycles. The van der Waals surface area contributed by atoms with Crippen molar-refractivity contribution in [2.75, 3.05) is 13.2 Å². The molecule has 0 spiro atoms. The van der Waals surface area contributed by atoms with Gasteiger partial charge in [-0.2, -0.15) is 0 Å². The average molecular weight is 258 g/mol. The third-order valence-electron chi connectivity index (χ3n) is 3.58. The Morgan fingerprint density at radius 1 is 1.28 bits per heavy atom. The molecule has 0 radical (unpaired) electrons.